The highest BCUT2D eigenvalue weighted by Gasteiger charge is 2.23. The molecule has 6 heteroatoms. The molecule has 1 aliphatic rings. The van der Waals surface area contributed by atoms with E-state index in [4.69, 9.17) is 9.47 Å². The van der Waals surface area contributed by atoms with Gasteiger partial charge in [0.15, 0.2) is 0 Å². The first-order valence-electron chi connectivity index (χ1n) is 9.92. The lowest BCUT2D eigenvalue weighted by atomic mass is 9.90. The second-order valence-corrected chi connectivity index (χ2v) is 7.30. The number of hydrogen-bond acceptors (Lipinski definition) is 4. The minimum Gasteiger partial charge on any atom is -0.497 e. The molecule has 1 heterocycles. The standard InChI is InChI=1S/C23H28N2O4/c1-28-20-13-19(14-21(15-20)29-2)23(27)24-16-22(26)25-10-8-18(9-11-25)12-17-6-4-3-5-7-17/h3-7,13-15,18H,8-12,16H2,1-2H3,(H,24,27). The number of carbonyl (C=O) groups excluding carboxylic acids is 2. The van der Waals surface area contributed by atoms with Crippen molar-refractivity contribution in [1.29, 1.82) is 0 Å². The lowest BCUT2D eigenvalue weighted by Gasteiger charge is -2.32. The van der Waals surface area contributed by atoms with Crippen molar-refractivity contribution in [2.45, 2.75) is 19.3 Å². The molecule has 0 saturated carbocycles. The van der Waals surface area contributed by atoms with Crippen LogP contribution in [0.2, 0.25) is 0 Å². The molecule has 0 aliphatic carbocycles. The molecule has 0 atom stereocenters. The van der Waals surface area contributed by atoms with E-state index in [1.54, 1.807) is 18.2 Å². The van der Waals surface area contributed by atoms with E-state index >= 15 is 0 Å². The van der Waals surface area contributed by atoms with Crippen LogP contribution >= 0.6 is 0 Å². The number of amides is 2. The maximum absolute atomic E-state index is 12.5. The quantitative estimate of drug-likeness (QED) is 0.781. The number of rotatable bonds is 7. The summed E-state index contributed by atoms with van der Waals surface area (Å²) in [5.41, 5.74) is 1.74. The number of hydrogen-bond donors (Lipinski definition) is 1. The number of benzene rings is 2. The fourth-order valence-corrected chi connectivity index (χ4v) is 3.64. The van der Waals surface area contributed by atoms with Gasteiger partial charge in [-0.2, -0.15) is 0 Å². The van der Waals surface area contributed by atoms with E-state index in [9.17, 15) is 9.59 Å². The Hall–Kier alpha value is -3.02. The van der Waals surface area contributed by atoms with Gasteiger partial charge in [-0.25, -0.2) is 0 Å². The Labute approximate surface area is 171 Å². The number of piperidine rings is 1. The van der Waals surface area contributed by atoms with Crippen LogP contribution < -0.4 is 14.8 Å². The fourth-order valence-electron chi connectivity index (χ4n) is 3.64. The van der Waals surface area contributed by atoms with Crippen LogP contribution in [0.5, 0.6) is 11.5 Å². The average Bonchev–Trinajstić information content (AvgIpc) is 2.78. The molecule has 29 heavy (non-hydrogen) atoms. The van der Waals surface area contributed by atoms with E-state index in [1.165, 1.54) is 19.8 Å². The summed E-state index contributed by atoms with van der Waals surface area (Å²) in [6, 6.07) is 15.4. The van der Waals surface area contributed by atoms with Crippen molar-refractivity contribution in [3.8, 4) is 11.5 Å². The topological polar surface area (TPSA) is 67.9 Å². The number of nitrogens with zero attached hydrogens (tertiary/aromatic N) is 1. The molecule has 1 N–H and O–H groups in total. The lowest BCUT2D eigenvalue weighted by molar-refractivity contribution is -0.131. The second-order valence-electron chi connectivity index (χ2n) is 7.30. The molecule has 154 valence electrons. The van der Waals surface area contributed by atoms with Gasteiger partial charge in [0, 0.05) is 24.7 Å². The first kappa shape index (κ1) is 20.7. The normalized spacial score (nSPS) is 14.3. The van der Waals surface area contributed by atoms with Crippen LogP contribution in [0.25, 0.3) is 0 Å². The van der Waals surface area contributed by atoms with Crippen molar-refractivity contribution in [2.75, 3.05) is 33.9 Å². The van der Waals surface area contributed by atoms with Crippen LogP contribution in [0.3, 0.4) is 0 Å². The molecule has 2 aromatic rings. The molecule has 0 radical (unpaired) electrons. The number of methoxy groups -OCH3 is 2. The zero-order chi connectivity index (χ0) is 20.6. The molecular weight excluding hydrogens is 368 g/mol. The smallest absolute Gasteiger partial charge is 0.251 e. The zero-order valence-corrected chi connectivity index (χ0v) is 17.0. The van der Waals surface area contributed by atoms with Crippen molar-refractivity contribution in [3.05, 3.63) is 59.7 Å². The minimum absolute atomic E-state index is 0.0122. The summed E-state index contributed by atoms with van der Waals surface area (Å²) in [5.74, 6) is 1.28. The van der Waals surface area contributed by atoms with Gasteiger partial charge in [0.1, 0.15) is 11.5 Å². The predicted molar refractivity (Wildman–Crippen MR) is 111 cm³/mol. The molecule has 1 aliphatic heterocycles. The van der Waals surface area contributed by atoms with Crippen molar-refractivity contribution in [2.24, 2.45) is 5.92 Å². The average molecular weight is 396 g/mol. The maximum atomic E-state index is 12.5. The summed E-state index contributed by atoms with van der Waals surface area (Å²) in [7, 11) is 3.06. The van der Waals surface area contributed by atoms with E-state index < -0.39 is 0 Å². The molecule has 6 nitrogen and oxygen atoms in total. The molecule has 0 spiro atoms. The Morgan fingerprint density at radius 1 is 1.00 bits per heavy atom. The predicted octanol–water partition coefficient (Wildman–Crippen LogP) is 2.91. The molecule has 0 bridgehead atoms. The Morgan fingerprint density at radius 3 is 2.21 bits per heavy atom. The third kappa shape index (κ3) is 5.73. The van der Waals surface area contributed by atoms with Crippen LogP contribution in [-0.4, -0.2) is 50.6 Å². The largest absolute Gasteiger partial charge is 0.497 e. The first-order chi connectivity index (χ1) is 14.1. The number of ether oxygens (including phenoxy) is 2. The van der Waals surface area contributed by atoms with Gasteiger partial charge in [-0.1, -0.05) is 30.3 Å². The fraction of sp³-hybridized carbons (Fsp3) is 0.391. The summed E-state index contributed by atoms with van der Waals surface area (Å²) >= 11 is 0. The van der Waals surface area contributed by atoms with Crippen LogP contribution in [0.15, 0.2) is 48.5 Å². The molecule has 2 amide bonds. The van der Waals surface area contributed by atoms with Crippen LogP contribution in [0.4, 0.5) is 0 Å². The SMILES string of the molecule is COc1cc(OC)cc(C(=O)NCC(=O)N2CCC(Cc3ccccc3)CC2)c1. The third-order valence-corrected chi connectivity index (χ3v) is 5.35. The number of carbonyl (C=O) groups is 2. The van der Waals surface area contributed by atoms with E-state index in [0.717, 1.165) is 32.4 Å². The van der Waals surface area contributed by atoms with Gasteiger partial charge in [0.2, 0.25) is 5.91 Å². The minimum atomic E-state index is -0.325. The van der Waals surface area contributed by atoms with Crippen molar-refractivity contribution < 1.29 is 19.1 Å². The van der Waals surface area contributed by atoms with Gasteiger partial charge in [-0.3, -0.25) is 9.59 Å². The summed E-state index contributed by atoms with van der Waals surface area (Å²) in [5, 5.41) is 2.71. The molecule has 1 saturated heterocycles. The highest BCUT2D eigenvalue weighted by atomic mass is 16.5. The molecular formula is C23H28N2O4. The van der Waals surface area contributed by atoms with Gasteiger partial charge in [0.05, 0.1) is 20.8 Å². The van der Waals surface area contributed by atoms with E-state index in [-0.39, 0.29) is 18.4 Å². The molecule has 1 fully saturated rings. The van der Waals surface area contributed by atoms with Gasteiger partial charge in [-0.05, 0) is 42.9 Å². The van der Waals surface area contributed by atoms with Crippen molar-refractivity contribution in [3.63, 3.8) is 0 Å². The van der Waals surface area contributed by atoms with E-state index in [1.807, 2.05) is 11.0 Å². The van der Waals surface area contributed by atoms with Gasteiger partial charge >= 0.3 is 0 Å². The highest BCUT2D eigenvalue weighted by molar-refractivity contribution is 5.97. The van der Waals surface area contributed by atoms with Crippen molar-refractivity contribution >= 4 is 11.8 Å². The summed E-state index contributed by atoms with van der Waals surface area (Å²) in [6.45, 7) is 1.46. The zero-order valence-electron chi connectivity index (χ0n) is 17.0. The third-order valence-electron chi connectivity index (χ3n) is 5.35. The number of likely N-dealkylation sites (tertiary alicyclic amines) is 1. The Balaban J connectivity index is 1.47. The molecule has 0 aromatic heterocycles. The highest BCUT2D eigenvalue weighted by Crippen LogP contribution is 2.23. The Bertz CT molecular complexity index is 808. The van der Waals surface area contributed by atoms with Crippen LogP contribution in [0.1, 0.15) is 28.8 Å². The molecule has 3 rings (SSSR count). The summed E-state index contributed by atoms with van der Waals surface area (Å²) in [6.07, 6.45) is 3.03. The molecule has 2 aromatic carbocycles. The van der Waals surface area contributed by atoms with Crippen molar-refractivity contribution in [1.82, 2.24) is 10.2 Å². The summed E-state index contributed by atoms with van der Waals surface area (Å²) < 4.78 is 10.4. The summed E-state index contributed by atoms with van der Waals surface area (Å²) in [4.78, 5) is 26.8. The van der Waals surface area contributed by atoms with Gasteiger partial charge in [0.25, 0.3) is 5.91 Å². The van der Waals surface area contributed by atoms with E-state index in [0.29, 0.717) is 23.0 Å². The maximum Gasteiger partial charge on any atom is 0.251 e. The van der Waals surface area contributed by atoms with Gasteiger partial charge < -0.3 is 19.7 Å². The van der Waals surface area contributed by atoms with Crippen LogP contribution in [-0.2, 0) is 11.2 Å². The number of nitrogens with one attached hydrogen (secondary N) is 1. The first-order valence-corrected chi connectivity index (χ1v) is 9.92. The van der Waals surface area contributed by atoms with Crippen LogP contribution in [0, 0.1) is 5.92 Å². The monoisotopic (exact) mass is 396 g/mol. The molecule has 0 unspecified atom stereocenters. The second kappa shape index (κ2) is 9.96. The Morgan fingerprint density at radius 2 is 1.62 bits per heavy atom. The van der Waals surface area contributed by atoms with Gasteiger partial charge in [-0.15, -0.1) is 0 Å². The van der Waals surface area contributed by atoms with E-state index in [2.05, 4.69) is 29.6 Å². The Kier molecular flexibility index (Phi) is 7.11. The lowest BCUT2D eigenvalue weighted by Crippen LogP contribution is -2.44.